The van der Waals surface area contributed by atoms with Gasteiger partial charge in [-0.3, -0.25) is 4.79 Å². The highest BCUT2D eigenvalue weighted by molar-refractivity contribution is 5.78. The van der Waals surface area contributed by atoms with E-state index in [1.165, 1.54) is 0 Å². The predicted molar refractivity (Wildman–Crippen MR) is 77.9 cm³/mol. The van der Waals surface area contributed by atoms with Gasteiger partial charge in [0.05, 0.1) is 19.1 Å². The second-order valence-corrected chi connectivity index (χ2v) is 5.16. The summed E-state index contributed by atoms with van der Waals surface area (Å²) in [6.45, 7) is 4.13. The number of carbonyl (C=O) groups is 1. The maximum atomic E-state index is 12.1. The highest BCUT2D eigenvalue weighted by Gasteiger charge is 2.20. The minimum atomic E-state index is 0.129. The summed E-state index contributed by atoms with van der Waals surface area (Å²) >= 11 is 0. The van der Waals surface area contributed by atoms with E-state index in [0.29, 0.717) is 19.6 Å². The van der Waals surface area contributed by atoms with Crippen molar-refractivity contribution in [3.8, 4) is 5.75 Å². The molecule has 1 atom stereocenters. The standard InChI is InChI=1S/C16H23NO3/c1-3-19-14-8-6-13(7-9-14)11-16(18)17(2)12-15-5-4-10-20-15/h6-9,15H,3-5,10-12H2,1-2H3. The van der Waals surface area contributed by atoms with Crippen molar-refractivity contribution in [2.45, 2.75) is 32.3 Å². The molecule has 0 saturated carbocycles. The second kappa shape index (κ2) is 7.29. The average molecular weight is 277 g/mol. The lowest BCUT2D eigenvalue weighted by atomic mass is 10.1. The molecule has 1 heterocycles. The minimum absolute atomic E-state index is 0.129. The molecule has 1 aliphatic heterocycles. The van der Waals surface area contributed by atoms with Crippen molar-refractivity contribution in [1.29, 1.82) is 0 Å². The minimum Gasteiger partial charge on any atom is -0.494 e. The zero-order chi connectivity index (χ0) is 14.4. The van der Waals surface area contributed by atoms with Crippen LogP contribution in [0.15, 0.2) is 24.3 Å². The van der Waals surface area contributed by atoms with E-state index < -0.39 is 0 Å². The molecule has 1 aromatic carbocycles. The molecule has 0 N–H and O–H groups in total. The summed E-state index contributed by atoms with van der Waals surface area (Å²) in [5.74, 6) is 0.973. The van der Waals surface area contributed by atoms with Gasteiger partial charge in [-0.1, -0.05) is 12.1 Å². The van der Waals surface area contributed by atoms with Gasteiger partial charge in [0, 0.05) is 20.2 Å². The molecule has 20 heavy (non-hydrogen) atoms. The van der Waals surface area contributed by atoms with Crippen LogP contribution in [-0.4, -0.2) is 43.7 Å². The molecule has 0 spiro atoms. The SMILES string of the molecule is CCOc1ccc(CC(=O)N(C)CC2CCCO2)cc1. The van der Waals surface area contributed by atoms with Crippen molar-refractivity contribution >= 4 is 5.91 Å². The summed E-state index contributed by atoms with van der Waals surface area (Å²) in [7, 11) is 1.85. The molecule has 0 bridgehead atoms. The monoisotopic (exact) mass is 277 g/mol. The van der Waals surface area contributed by atoms with E-state index in [1.54, 1.807) is 4.90 Å². The number of rotatable bonds is 6. The van der Waals surface area contributed by atoms with Crippen LogP contribution in [0.5, 0.6) is 5.75 Å². The van der Waals surface area contributed by atoms with E-state index >= 15 is 0 Å². The van der Waals surface area contributed by atoms with E-state index in [4.69, 9.17) is 9.47 Å². The van der Waals surface area contributed by atoms with Crippen LogP contribution in [0.4, 0.5) is 0 Å². The Balaban J connectivity index is 1.83. The number of hydrogen-bond acceptors (Lipinski definition) is 3. The fourth-order valence-electron chi connectivity index (χ4n) is 2.38. The number of amides is 1. The number of hydrogen-bond donors (Lipinski definition) is 0. The van der Waals surface area contributed by atoms with Crippen LogP contribution in [0, 0.1) is 0 Å². The fourth-order valence-corrected chi connectivity index (χ4v) is 2.38. The van der Waals surface area contributed by atoms with E-state index in [9.17, 15) is 4.79 Å². The Kier molecular flexibility index (Phi) is 5.41. The number of nitrogens with zero attached hydrogens (tertiary/aromatic N) is 1. The first kappa shape index (κ1) is 14.9. The van der Waals surface area contributed by atoms with E-state index in [1.807, 2.05) is 38.2 Å². The normalized spacial score (nSPS) is 18.0. The molecule has 1 fully saturated rings. The Labute approximate surface area is 120 Å². The van der Waals surface area contributed by atoms with Crippen LogP contribution >= 0.6 is 0 Å². The largest absolute Gasteiger partial charge is 0.494 e. The van der Waals surface area contributed by atoms with Gasteiger partial charge in [-0.2, -0.15) is 0 Å². The Morgan fingerprint density at radius 3 is 2.75 bits per heavy atom. The molecular weight excluding hydrogens is 254 g/mol. The Morgan fingerprint density at radius 1 is 1.40 bits per heavy atom. The highest BCUT2D eigenvalue weighted by atomic mass is 16.5. The summed E-state index contributed by atoms with van der Waals surface area (Å²) in [6, 6.07) is 7.71. The maximum absolute atomic E-state index is 12.1. The lowest BCUT2D eigenvalue weighted by Gasteiger charge is -2.20. The molecule has 2 rings (SSSR count). The Bertz CT molecular complexity index is 424. The van der Waals surface area contributed by atoms with Gasteiger partial charge in [0.2, 0.25) is 5.91 Å². The van der Waals surface area contributed by atoms with Crippen LogP contribution in [0.3, 0.4) is 0 Å². The molecule has 4 nitrogen and oxygen atoms in total. The fraction of sp³-hybridized carbons (Fsp3) is 0.562. The molecule has 1 aliphatic rings. The van der Waals surface area contributed by atoms with Crippen LogP contribution in [0.2, 0.25) is 0 Å². The molecule has 1 unspecified atom stereocenters. The van der Waals surface area contributed by atoms with Crippen molar-refractivity contribution in [3.05, 3.63) is 29.8 Å². The van der Waals surface area contributed by atoms with Gasteiger partial charge in [0.1, 0.15) is 5.75 Å². The van der Waals surface area contributed by atoms with Crippen LogP contribution < -0.4 is 4.74 Å². The molecule has 0 radical (unpaired) electrons. The van der Waals surface area contributed by atoms with Crippen molar-refractivity contribution in [2.75, 3.05) is 26.8 Å². The molecule has 1 aromatic rings. The maximum Gasteiger partial charge on any atom is 0.226 e. The zero-order valence-electron chi connectivity index (χ0n) is 12.3. The van der Waals surface area contributed by atoms with Gasteiger partial charge in [-0.25, -0.2) is 0 Å². The average Bonchev–Trinajstić information content (AvgIpc) is 2.94. The smallest absolute Gasteiger partial charge is 0.226 e. The molecule has 110 valence electrons. The quantitative estimate of drug-likeness (QED) is 0.800. The third kappa shape index (κ3) is 4.23. The first-order valence-corrected chi connectivity index (χ1v) is 7.26. The molecule has 0 aliphatic carbocycles. The van der Waals surface area contributed by atoms with Gasteiger partial charge >= 0.3 is 0 Å². The van der Waals surface area contributed by atoms with Crippen LogP contribution in [0.1, 0.15) is 25.3 Å². The molecule has 1 saturated heterocycles. The predicted octanol–water partition coefficient (Wildman–Crippen LogP) is 2.27. The number of likely N-dealkylation sites (N-methyl/N-ethyl adjacent to an activating group) is 1. The van der Waals surface area contributed by atoms with Crippen molar-refractivity contribution in [3.63, 3.8) is 0 Å². The summed E-state index contributed by atoms with van der Waals surface area (Å²) in [6.07, 6.45) is 2.80. The number of ether oxygens (including phenoxy) is 2. The van der Waals surface area contributed by atoms with Gasteiger partial charge in [-0.15, -0.1) is 0 Å². The molecule has 4 heteroatoms. The third-order valence-corrected chi connectivity index (χ3v) is 3.52. The summed E-state index contributed by atoms with van der Waals surface area (Å²) in [5, 5.41) is 0. The van der Waals surface area contributed by atoms with E-state index in [2.05, 4.69) is 0 Å². The number of benzene rings is 1. The second-order valence-electron chi connectivity index (χ2n) is 5.16. The first-order chi connectivity index (χ1) is 9.69. The van der Waals surface area contributed by atoms with Gasteiger partial charge in [-0.05, 0) is 37.5 Å². The lowest BCUT2D eigenvalue weighted by molar-refractivity contribution is -0.130. The summed E-state index contributed by atoms with van der Waals surface area (Å²) in [4.78, 5) is 13.9. The van der Waals surface area contributed by atoms with Crippen molar-refractivity contribution in [2.24, 2.45) is 0 Å². The molecule has 1 amide bonds. The van der Waals surface area contributed by atoms with Gasteiger partial charge < -0.3 is 14.4 Å². The number of carbonyl (C=O) groups excluding carboxylic acids is 1. The summed E-state index contributed by atoms with van der Waals surface area (Å²) < 4.78 is 10.9. The van der Waals surface area contributed by atoms with Gasteiger partial charge in [0.15, 0.2) is 0 Å². The van der Waals surface area contributed by atoms with Crippen LogP contribution in [-0.2, 0) is 16.0 Å². The summed E-state index contributed by atoms with van der Waals surface area (Å²) in [5.41, 5.74) is 1.01. The first-order valence-electron chi connectivity index (χ1n) is 7.26. The highest BCUT2D eigenvalue weighted by Crippen LogP contribution is 2.15. The van der Waals surface area contributed by atoms with Gasteiger partial charge in [0.25, 0.3) is 0 Å². The lowest BCUT2D eigenvalue weighted by Crippen LogP contribution is -2.35. The van der Waals surface area contributed by atoms with E-state index in [-0.39, 0.29) is 12.0 Å². The molecular formula is C16H23NO3. The Morgan fingerprint density at radius 2 is 2.15 bits per heavy atom. The van der Waals surface area contributed by atoms with Crippen molar-refractivity contribution < 1.29 is 14.3 Å². The Hall–Kier alpha value is -1.55. The van der Waals surface area contributed by atoms with Crippen molar-refractivity contribution in [1.82, 2.24) is 4.90 Å². The zero-order valence-corrected chi connectivity index (χ0v) is 12.3. The van der Waals surface area contributed by atoms with E-state index in [0.717, 1.165) is 30.8 Å². The molecule has 0 aromatic heterocycles. The van der Waals surface area contributed by atoms with Crippen LogP contribution in [0.25, 0.3) is 0 Å². The topological polar surface area (TPSA) is 38.8 Å². The third-order valence-electron chi connectivity index (χ3n) is 3.52.